The Morgan fingerprint density at radius 1 is 0.962 bits per heavy atom. The van der Waals surface area contributed by atoms with E-state index >= 15 is 0 Å². The molecule has 5 aliphatic carbocycles. The fraction of sp³-hybridized carbons (Fsp3) is 0.955. The molecule has 1 amide bonds. The summed E-state index contributed by atoms with van der Waals surface area (Å²) in [6, 6.07) is 0. The van der Waals surface area contributed by atoms with Crippen LogP contribution in [0.4, 0.5) is 0 Å². The van der Waals surface area contributed by atoms with Crippen molar-refractivity contribution in [3.05, 3.63) is 0 Å². The monoisotopic (exact) mass is 361 g/mol. The van der Waals surface area contributed by atoms with Crippen LogP contribution in [0.5, 0.6) is 0 Å². The van der Waals surface area contributed by atoms with E-state index in [2.05, 4.69) is 6.92 Å². The number of nitrogens with zero attached hydrogens (tertiary/aromatic N) is 1. The quantitative estimate of drug-likeness (QED) is 0.764. The molecule has 0 saturated heterocycles. The molecule has 0 aromatic rings. The molecule has 5 rings (SSSR count). The largest absolute Gasteiger partial charge is 0.390 e. The molecule has 0 aromatic heterocycles. The summed E-state index contributed by atoms with van der Waals surface area (Å²) >= 11 is 0. The fourth-order valence-electron chi connectivity index (χ4n) is 8.40. The van der Waals surface area contributed by atoms with Crippen molar-refractivity contribution in [3.8, 4) is 0 Å². The van der Waals surface area contributed by atoms with Crippen LogP contribution in [0, 0.1) is 46.8 Å². The highest BCUT2D eigenvalue weighted by Crippen LogP contribution is 2.68. The van der Waals surface area contributed by atoms with Crippen LogP contribution in [0.2, 0.25) is 0 Å². The third-order valence-electron chi connectivity index (χ3n) is 9.84. The Balaban J connectivity index is 1.36. The Morgan fingerprint density at radius 2 is 1.62 bits per heavy atom. The molecule has 0 spiro atoms. The molecule has 0 aliphatic heterocycles. The second-order valence-electron chi connectivity index (χ2n) is 10.5. The lowest BCUT2D eigenvalue weighted by Gasteiger charge is -2.56. The summed E-state index contributed by atoms with van der Waals surface area (Å²) in [5, 5.41) is 12.0. The predicted octanol–water partition coefficient (Wildman–Crippen LogP) is 3.64. The van der Waals surface area contributed by atoms with Crippen LogP contribution in [0.3, 0.4) is 0 Å². The van der Waals surface area contributed by atoms with Gasteiger partial charge >= 0.3 is 0 Å². The van der Waals surface area contributed by atoms with E-state index < -0.39 is 0 Å². The fourth-order valence-corrected chi connectivity index (χ4v) is 8.40. The van der Waals surface area contributed by atoms with Gasteiger partial charge in [0.2, 0.25) is 5.91 Å². The third-order valence-corrected chi connectivity index (χ3v) is 9.84. The van der Waals surface area contributed by atoms with Gasteiger partial charge in [0.05, 0.1) is 12.7 Å². The zero-order valence-corrected chi connectivity index (χ0v) is 16.6. The van der Waals surface area contributed by atoms with E-state index in [1.807, 2.05) is 0 Å². The van der Waals surface area contributed by atoms with Gasteiger partial charge in [-0.3, -0.25) is 9.63 Å². The van der Waals surface area contributed by atoms with Crippen molar-refractivity contribution in [2.24, 2.45) is 46.8 Å². The van der Waals surface area contributed by atoms with Gasteiger partial charge in [0.1, 0.15) is 0 Å². The summed E-state index contributed by atoms with van der Waals surface area (Å²) in [6.07, 6.45) is 10.8. The Kier molecular flexibility index (Phi) is 3.83. The van der Waals surface area contributed by atoms with E-state index in [0.717, 1.165) is 42.9 Å². The van der Waals surface area contributed by atoms with Crippen LogP contribution >= 0.6 is 0 Å². The van der Waals surface area contributed by atoms with Crippen molar-refractivity contribution in [1.29, 1.82) is 0 Å². The first-order valence-electron chi connectivity index (χ1n) is 10.9. The highest BCUT2D eigenvalue weighted by Gasteiger charge is 2.65. The summed E-state index contributed by atoms with van der Waals surface area (Å²) < 4.78 is 0. The first-order chi connectivity index (χ1) is 12.4. The number of carbonyl (C=O) groups excluding carboxylic acids is 1. The van der Waals surface area contributed by atoms with Crippen molar-refractivity contribution in [1.82, 2.24) is 5.06 Å². The van der Waals surface area contributed by atoms with E-state index in [1.54, 1.807) is 14.2 Å². The second-order valence-corrected chi connectivity index (χ2v) is 10.5. The van der Waals surface area contributed by atoms with Crippen LogP contribution in [-0.4, -0.2) is 35.8 Å². The molecule has 26 heavy (non-hydrogen) atoms. The van der Waals surface area contributed by atoms with Crippen LogP contribution in [0.25, 0.3) is 0 Å². The molecule has 4 heteroatoms. The minimum Gasteiger partial charge on any atom is -0.390 e. The van der Waals surface area contributed by atoms with E-state index in [9.17, 15) is 9.90 Å². The van der Waals surface area contributed by atoms with Gasteiger partial charge in [-0.1, -0.05) is 6.92 Å². The molecule has 146 valence electrons. The number of aliphatic hydroxyl groups is 1. The normalized spacial score (nSPS) is 54.5. The first kappa shape index (κ1) is 17.5. The van der Waals surface area contributed by atoms with Gasteiger partial charge < -0.3 is 5.11 Å². The summed E-state index contributed by atoms with van der Waals surface area (Å²) in [4.78, 5) is 18.1. The average Bonchev–Trinajstić information content (AvgIpc) is 3.21. The number of hydroxylamine groups is 2. The molecule has 5 aliphatic rings. The van der Waals surface area contributed by atoms with E-state index in [-0.39, 0.29) is 22.8 Å². The Morgan fingerprint density at radius 3 is 2.31 bits per heavy atom. The molecule has 1 N–H and O–H groups in total. The minimum absolute atomic E-state index is 0.135. The van der Waals surface area contributed by atoms with Crippen molar-refractivity contribution in [3.63, 3.8) is 0 Å². The van der Waals surface area contributed by atoms with Gasteiger partial charge in [-0.15, -0.1) is 0 Å². The second kappa shape index (κ2) is 5.70. The summed E-state index contributed by atoms with van der Waals surface area (Å²) in [7, 11) is 3.35. The molecule has 0 bridgehead atoms. The highest BCUT2D eigenvalue weighted by atomic mass is 16.7. The lowest BCUT2D eigenvalue weighted by Crippen LogP contribution is -2.51. The van der Waals surface area contributed by atoms with Gasteiger partial charge in [0.15, 0.2) is 0 Å². The molecule has 0 radical (unpaired) electrons. The maximum atomic E-state index is 12.9. The predicted molar refractivity (Wildman–Crippen MR) is 98.8 cm³/mol. The van der Waals surface area contributed by atoms with Crippen LogP contribution in [-0.2, 0) is 9.63 Å². The molecular formula is C22H35NO3. The minimum atomic E-state index is -0.271. The van der Waals surface area contributed by atoms with Crippen molar-refractivity contribution in [2.75, 3.05) is 14.2 Å². The zero-order valence-electron chi connectivity index (χ0n) is 16.6. The number of hydrogen-bond acceptors (Lipinski definition) is 3. The maximum absolute atomic E-state index is 12.9. The molecule has 5 saturated carbocycles. The van der Waals surface area contributed by atoms with Crippen molar-refractivity contribution in [2.45, 2.75) is 70.3 Å². The SMILES string of the molecule is CON(C)C(=O)[C@H]1CC[C@H]2[C@@H]3CC[C@@H]4C5C[C@@]5(O)CC[C@@H]4[C@H]3CC[C@]12C. The van der Waals surface area contributed by atoms with Gasteiger partial charge in [0.25, 0.3) is 0 Å². The molecule has 5 fully saturated rings. The van der Waals surface area contributed by atoms with E-state index in [1.165, 1.54) is 43.6 Å². The van der Waals surface area contributed by atoms with Crippen LogP contribution in [0.15, 0.2) is 0 Å². The van der Waals surface area contributed by atoms with E-state index in [0.29, 0.717) is 11.8 Å². The number of hydrogen-bond donors (Lipinski definition) is 1. The van der Waals surface area contributed by atoms with Gasteiger partial charge in [-0.25, -0.2) is 5.06 Å². The molecule has 0 aromatic carbocycles. The summed E-state index contributed by atoms with van der Waals surface area (Å²) in [5.41, 5.74) is -0.111. The van der Waals surface area contributed by atoms with Crippen LogP contribution in [0.1, 0.15) is 64.7 Å². The Labute approximate surface area is 157 Å². The summed E-state index contributed by atoms with van der Waals surface area (Å²) in [5.74, 6) is 4.95. The molecule has 9 atom stereocenters. The molecule has 4 nitrogen and oxygen atoms in total. The van der Waals surface area contributed by atoms with Gasteiger partial charge in [-0.05, 0) is 98.7 Å². The van der Waals surface area contributed by atoms with Crippen LogP contribution < -0.4 is 0 Å². The highest BCUT2D eigenvalue weighted by molar-refractivity contribution is 5.79. The lowest BCUT2D eigenvalue weighted by molar-refractivity contribution is -0.179. The maximum Gasteiger partial charge on any atom is 0.249 e. The van der Waals surface area contributed by atoms with Gasteiger partial charge in [-0.2, -0.15) is 0 Å². The molecule has 0 heterocycles. The number of amides is 1. The van der Waals surface area contributed by atoms with Gasteiger partial charge in [0, 0.05) is 13.0 Å². The first-order valence-corrected chi connectivity index (χ1v) is 10.9. The standard InChI is InChI=1S/C22H35NO3/c1-21-10-8-13-14-9-11-22(25)12-19(22)16(14)5-4-15(13)17(21)6-7-18(21)20(24)23(2)26-3/h13-19,25H,4-12H2,1-3H3/t13-,14-,15-,16+,17+,18-,19?,21+,22+/m1/s1. The number of rotatable bonds is 2. The van der Waals surface area contributed by atoms with Crippen molar-refractivity contribution < 1.29 is 14.7 Å². The topological polar surface area (TPSA) is 49.8 Å². The smallest absolute Gasteiger partial charge is 0.249 e. The Bertz CT molecular complexity index is 608. The summed E-state index contributed by atoms with van der Waals surface area (Å²) in [6.45, 7) is 2.40. The van der Waals surface area contributed by atoms with E-state index in [4.69, 9.17) is 4.84 Å². The lowest BCUT2D eigenvalue weighted by atomic mass is 9.49. The molecule has 1 unspecified atom stereocenters. The molecular weight excluding hydrogens is 326 g/mol. The Hall–Kier alpha value is -0.610. The van der Waals surface area contributed by atoms with Crippen molar-refractivity contribution >= 4 is 5.91 Å². The zero-order chi connectivity index (χ0) is 18.3. The number of fused-ring (bicyclic) bond motifs is 7. The average molecular weight is 362 g/mol. The third kappa shape index (κ3) is 2.24. The number of carbonyl (C=O) groups is 1.